The van der Waals surface area contributed by atoms with Crippen LogP contribution in [-0.4, -0.2) is 0 Å². The van der Waals surface area contributed by atoms with Crippen LogP contribution in [0.5, 0.6) is 0 Å². The number of halogens is 2. The van der Waals surface area contributed by atoms with Gasteiger partial charge >= 0.3 is 0 Å². The van der Waals surface area contributed by atoms with Gasteiger partial charge in [-0.05, 0) is 41.1 Å². The SMILES string of the molecule is CC(NCc1cc(Br)c(Cl)s1)c1ccco1. The van der Waals surface area contributed by atoms with Crippen LogP contribution in [0.1, 0.15) is 23.6 Å². The van der Waals surface area contributed by atoms with E-state index in [1.807, 2.05) is 18.2 Å². The first kappa shape index (κ1) is 12.2. The van der Waals surface area contributed by atoms with Gasteiger partial charge in [0.1, 0.15) is 10.1 Å². The van der Waals surface area contributed by atoms with Crippen LogP contribution in [-0.2, 0) is 6.54 Å². The van der Waals surface area contributed by atoms with E-state index in [0.717, 1.165) is 21.1 Å². The molecule has 0 spiro atoms. The van der Waals surface area contributed by atoms with Crippen molar-refractivity contribution in [3.8, 4) is 0 Å². The third-order valence-corrected chi connectivity index (χ3v) is 4.72. The van der Waals surface area contributed by atoms with Crippen molar-refractivity contribution in [2.45, 2.75) is 19.5 Å². The summed E-state index contributed by atoms with van der Waals surface area (Å²) in [5.41, 5.74) is 0. The molecule has 0 fully saturated rings. The molecule has 1 atom stereocenters. The number of hydrogen-bond acceptors (Lipinski definition) is 3. The molecule has 1 unspecified atom stereocenters. The summed E-state index contributed by atoms with van der Waals surface area (Å²) in [7, 11) is 0. The molecule has 5 heteroatoms. The van der Waals surface area contributed by atoms with Crippen LogP contribution in [0, 0.1) is 0 Å². The van der Waals surface area contributed by atoms with Crippen LogP contribution in [0.25, 0.3) is 0 Å². The van der Waals surface area contributed by atoms with E-state index in [-0.39, 0.29) is 6.04 Å². The van der Waals surface area contributed by atoms with Crippen molar-refractivity contribution in [2.24, 2.45) is 0 Å². The van der Waals surface area contributed by atoms with Gasteiger partial charge in [-0.15, -0.1) is 11.3 Å². The molecule has 2 heterocycles. The fraction of sp³-hybridized carbons (Fsp3) is 0.273. The van der Waals surface area contributed by atoms with E-state index in [2.05, 4.69) is 28.2 Å². The Bertz CT molecular complexity index is 435. The Morgan fingerprint density at radius 1 is 1.62 bits per heavy atom. The summed E-state index contributed by atoms with van der Waals surface area (Å²) in [5.74, 6) is 0.946. The highest BCUT2D eigenvalue weighted by atomic mass is 79.9. The van der Waals surface area contributed by atoms with E-state index < -0.39 is 0 Å². The minimum absolute atomic E-state index is 0.203. The molecule has 2 aromatic rings. The maximum Gasteiger partial charge on any atom is 0.120 e. The molecule has 0 radical (unpaired) electrons. The Morgan fingerprint density at radius 2 is 2.44 bits per heavy atom. The van der Waals surface area contributed by atoms with Crippen LogP contribution >= 0.6 is 38.9 Å². The molecule has 0 saturated carbocycles. The van der Waals surface area contributed by atoms with E-state index in [0.29, 0.717) is 0 Å². The van der Waals surface area contributed by atoms with Gasteiger partial charge in [-0.25, -0.2) is 0 Å². The lowest BCUT2D eigenvalue weighted by atomic mass is 10.2. The second-order valence-electron chi connectivity index (χ2n) is 3.45. The third-order valence-electron chi connectivity index (χ3n) is 2.25. The summed E-state index contributed by atoms with van der Waals surface area (Å²) in [4.78, 5) is 1.20. The maximum absolute atomic E-state index is 5.97. The quantitative estimate of drug-likeness (QED) is 0.890. The average Bonchev–Trinajstić information content (AvgIpc) is 2.86. The molecular formula is C11H11BrClNOS. The second kappa shape index (κ2) is 5.36. The minimum atomic E-state index is 0.203. The monoisotopic (exact) mass is 319 g/mol. The highest BCUT2D eigenvalue weighted by Gasteiger charge is 2.09. The largest absolute Gasteiger partial charge is 0.468 e. The summed E-state index contributed by atoms with van der Waals surface area (Å²) < 4.78 is 7.07. The molecule has 0 amide bonds. The third kappa shape index (κ3) is 2.88. The zero-order valence-electron chi connectivity index (χ0n) is 8.67. The normalized spacial score (nSPS) is 12.9. The van der Waals surface area contributed by atoms with Crippen LogP contribution in [0.3, 0.4) is 0 Å². The van der Waals surface area contributed by atoms with Crippen molar-refractivity contribution >= 4 is 38.9 Å². The predicted molar refractivity (Wildman–Crippen MR) is 71.0 cm³/mol. The molecule has 0 saturated heterocycles. The van der Waals surface area contributed by atoms with Gasteiger partial charge < -0.3 is 9.73 Å². The predicted octanol–water partition coefficient (Wildman–Crippen LogP) is 4.61. The van der Waals surface area contributed by atoms with E-state index >= 15 is 0 Å². The summed E-state index contributed by atoms with van der Waals surface area (Å²) >= 11 is 10.9. The lowest BCUT2D eigenvalue weighted by Crippen LogP contribution is -2.16. The molecule has 16 heavy (non-hydrogen) atoms. The molecule has 0 aliphatic rings. The lowest BCUT2D eigenvalue weighted by molar-refractivity contribution is 0.431. The first-order valence-electron chi connectivity index (χ1n) is 4.87. The van der Waals surface area contributed by atoms with E-state index in [1.54, 1.807) is 17.6 Å². The summed E-state index contributed by atoms with van der Waals surface area (Å²) in [6.07, 6.45) is 1.69. The Balaban J connectivity index is 1.92. The molecule has 0 bridgehead atoms. The maximum atomic E-state index is 5.97. The summed E-state index contributed by atoms with van der Waals surface area (Å²) in [6, 6.07) is 6.10. The zero-order chi connectivity index (χ0) is 11.5. The van der Waals surface area contributed by atoms with Crippen LogP contribution in [0.4, 0.5) is 0 Å². The Labute approximate surface area is 112 Å². The van der Waals surface area contributed by atoms with Crippen molar-refractivity contribution in [1.29, 1.82) is 0 Å². The van der Waals surface area contributed by atoms with Crippen LogP contribution < -0.4 is 5.32 Å². The highest BCUT2D eigenvalue weighted by molar-refractivity contribution is 9.10. The summed E-state index contributed by atoms with van der Waals surface area (Å²) in [6.45, 7) is 2.86. The minimum Gasteiger partial charge on any atom is -0.468 e. The molecule has 1 N–H and O–H groups in total. The molecule has 0 aromatic carbocycles. The topological polar surface area (TPSA) is 25.2 Å². The number of thiophene rings is 1. The van der Waals surface area contributed by atoms with Crippen molar-refractivity contribution in [3.05, 3.63) is 43.9 Å². The number of nitrogens with one attached hydrogen (secondary N) is 1. The van der Waals surface area contributed by atoms with Gasteiger partial charge in [0, 0.05) is 15.9 Å². The zero-order valence-corrected chi connectivity index (χ0v) is 11.8. The van der Waals surface area contributed by atoms with E-state index in [4.69, 9.17) is 16.0 Å². The van der Waals surface area contributed by atoms with E-state index in [1.165, 1.54) is 4.88 Å². The fourth-order valence-electron chi connectivity index (χ4n) is 1.37. The highest BCUT2D eigenvalue weighted by Crippen LogP contribution is 2.32. The first-order valence-corrected chi connectivity index (χ1v) is 6.86. The van der Waals surface area contributed by atoms with Crippen molar-refractivity contribution in [3.63, 3.8) is 0 Å². The second-order valence-corrected chi connectivity index (χ2v) is 6.05. The lowest BCUT2D eigenvalue weighted by Gasteiger charge is -2.09. The van der Waals surface area contributed by atoms with Crippen molar-refractivity contribution < 1.29 is 4.42 Å². The molecule has 2 aromatic heterocycles. The van der Waals surface area contributed by atoms with Gasteiger partial charge in [-0.2, -0.15) is 0 Å². The Hall–Kier alpha value is -0.290. The van der Waals surface area contributed by atoms with E-state index in [9.17, 15) is 0 Å². The van der Waals surface area contributed by atoms with Gasteiger partial charge in [0.2, 0.25) is 0 Å². The molecule has 0 aliphatic carbocycles. The van der Waals surface area contributed by atoms with Crippen LogP contribution in [0.2, 0.25) is 4.34 Å². The van der Waals surface area contributed by atoms with Crippen molar-refractivity contribution in [1.82, 2.24) is 5.32 Å². The smallest absolute Gasteiger partial charge is 0.120 e. The van der Waals surface area contributed by atoms with Crippen LogP contribution in [0.15, 0.2) is 33.4 Å². The van der Waals surface area contributed by atoms with Gasteiger partial charge in [-0.1, -0.05) is 11.6 Å². The molecule has 2 nitrogen and oxygen atoms in total. The molecular weight excluding hydrogens is 310 g/mol. The van der Waals surface area contributed by atoms with Gasteiger partial charge in [-0.3, -0.25) is 0 Å². The molecule has 2 rings (SSSR count). The number of furan rings is 1. The summed E-state index contributed by atoms with van der Waals surface area (Å²) in [5, 5.41) is 3.38. The molecule has 0 aliphatic heterocycles. The Kier molecular flexibility index (Phi) is 4.08. The average molecular weight is 321 g/mol. The van der Waals surface area contributed by atoms with Gasteiger partial charge in [0.05, 0.1) is 12.3 Å². The first-order chi connectivity index (χ1) is 7.66. The van der Waals surface area contributed by atoms with Gasteiger partial charge in [0.15, 0.2) is 0 Å². The molecule has 86 valence electrons. The van der Waals surface area contributed by atoms with Crippen molar-refractivity contribution in [2.75, 3.05) is 0 Å². The number of hydrogen-bond donors (Lipinski definition) is 1. The Morgan fingerprint density at radius 3 is 3.00 bits per heavy atom. The van der Waals surface area contributed by atoms with Gasteiger partial charge in [0.25, 0.3) is 0 Å². The standard InChI is InChI=1S/C11H11BrClNOS/c1-7(10-3-2-4-15-10)14-6-8-5-9(12)11(13)16-8/h2-5,7,14H,6H2,1H3. The number of rotatable bonds is 4. The fourth-order valence-corrected chi connectivity index (χ4v) is 3.11.